The molecule has 4 aromatic rings. The van der Waals surface area contributed by atoms with Gasteiger partial charge in [0.05, 0.1) is 11.1 Å². The van der Waals surface area contributed by atoms with Gasteiger partial charge in [-0.2, -0.15) is 13.2 Å². The standard InChI is InChI=1S/C28H26F3N5O3/c1-16-2-3-21(14-24(16)36-27(38)19-10-17-4-9-33-25(17)34-15-19)35-26(37)18-11-20(28(29,30)31)13-23(12-18)39-22-5-7-32-8-6-22/h2-4,9-15,22,32H,5-8H2,1H3,(H,33,34)(H,35,37)(H,36,38). The van der Waals surface area contributed by atoms with E-state index in [1.54, 1.807) is 43.5 Å². The number of rotatable bonds is 6. The lowest BCUT2D eigenvalue weighted by Crippen LogP contribution is -2.34. The molecule has 1 saturated heterocycles. The van der Waals surface area contributed by atoms with E-state index in [0.29, 0.717) is 48.5 Å². The number of anilines is 2. The van der Waals surface area contributed by atoms with Crippen molar-refractivity contribution >= 4 is 34.2 Å². The number of ether oxygens (including phenoxy) is 1. The van der Waals surface area contributed by atoms with Crippen LogP contribution in [0.25, 0.3) is 11.0 Å². The molecule has 11 heteroatoms. The highest BCUT2D eigenvalue weighted by atomic mass is 19.4. The fourth-order valence-electron chi connectivity index (χ4n) is 4.36. The molecule has 0 radical (unpaired) electrons. The average Bonchev–Trinajstić information content (AvgIpc) is 3.38. The number of amides is 2. The molecule has 0 saturated carbocycles. The smallest absolute Gasteiger partial charge is 0.416 e. The van der Waals surface area contributed by atoms with Crippen LogP contribution >= 0.6 is 0 Å². The van der Waals surface area contributed by atoms with Gasteiger partial charge in [-0.1, -0.05) is 6.07 Å². The SMILES string of the molecule is Cc1ccc(NC(=O)c2cc(OC3CCNCC3)cc(C(F)(F)F)c2)cc1NC(=O)c1cnc2[nH]ccc2c1. The lowest BCUT2D eigenvalue weighted by Gasteiger charge is -2.24. The van der Waals surface area contributed by atoms with Crippen molar-refractivity contribution in [3.8, 4) is 5.75 Å². The maximum Gasteiger partial charge on any atom is 0.416 e. The first kappa shape index (κ1) is 26.2. The molecule has 2 amide bonds. The molecule has 0 unspecified atom stereocenters. The molecule has 0 bridgehead atoms. The number of piperidine rings is 1. The van der Waals surface area contributed by atoms with Gasteiger partial charge in [0.2, 0.25) is 0 Å². The van der Waals surface area contributed by atoms with E-state index in [2.05, 4.69) is 25.9 Å². The summed E-state index contributed by atoms with van der Waals surface area (Å²) in [6.07, 6.45) is -0.394. The van der Waals surface area contributed by atoms with Crippen LogP contribution in [0.1, 0.15) is 44.7 Å². The largest absolute Gasteiger partial charge is 0.490 e. The molecule has 4 N–H and O–H groups in total. The molecule has 202 valence electrons. The van der Waals surface area contributed by atoms with Gasteiger partial charge in [-0.15, -0.1) is 0 Å². The Balaban J connectivity index is 1.34. The Hall–Kier alpha value is -4.38. The van der Waals surface area contributed by atoms with Gasteiger partial charge >= 0.3 is 6.18 Å². The van der Waals surface area contributed by atoms with Gasteiger partial charge in [-0.3, -0.25) is 9.59 Å². The third-order valence-electron chi connectivity index (χ3n) is 6.49. The van der Waals surface area contributed by atoms with Crippen molar-refractivity contribution in [3.05, 3.63) is 83.2 Å². The number of aryl methyl sites for hydroxylation is 1. The van der Waals surface area contributed by atoms with Crippen molar-refractivity contribution in [1.29, 1.82) is 0 Å². The minimum Gasteiger partial charge on any atom is -0.490 e. The van der Waals surface area contributed by atoms with Crippen LogP contribution in [0.2, 0.25) is 0 Å². The van der Waals surface area contributed by atoms with Crippen LogP contribution in [0.4, 0.5) is 24.5 Å². The van der Waals surface area contributed by atoms with Crippen LogP contribution < -0.4 is 20.7 Å². The number of aromatic amines is 1. The lowest BCUT2D eigenvalue weighted by atomic mass is 10.1. The second kappa shape index (κ2) is 10.8. The first-order chi connectivity index (χ1) is 18.7. The quantitative estimate of drug-likeness (QED) is 0.259. The maximum absolute atomic E-state index is 13.6. The topological polar surface area (TPSA) is 108 Å². The van der Waals surface area contributed by atoms with Crippen molar-refractivity contribution in [2.75, 3.05) is 23.7 Å². The third kappa shape index (κ3) is 6.20. The van der Waals surface area contributed by atoms with Crippen LogP contribution in [0.15, 0.2) is 60.9 Å². The number of halogens is 3. The van der Waals surface area contributed by atoms with E-state index in [9.17, 15) is 22.8 Å². The Morgan fingerprint density at radius 1 is 0.974 bits per heavy atom. The number of alkyl halides is 3. The van der Waals surface area contributed by atoms with Crippen molar-refractivity contribution in [1.82, 2.24) is 15.3 Å². The van der Waals surface area contributed by atoms with Gasteiger partial charge in [-0.05, 0) is 80.9 Å². The fraction of sp³-hybridized carbons (Fsp3) is 0.250. The Labute approximate surface area is 222 Å². The van der Waals surface area contributed by atoms with Crippen molar-refractivity contribution < 1.29 is 27.5 Å². The van der Waals surface area contributed by atoms with Gasteiger partial charge < -0.3 is 25.7 Å². The third-order valence-corrected chi connectivity index (χ3v) is 6.49. The second-order valence-corrected chi connectivity index (χ2v) is 9.39. The van der Waals surface area contributed by atoms with Crippen LogP contribution in [0.5, 0.6) is 5.75 Å². The number of carbonyl (C=O) groups is 2. The molecule has 2 aromatic heterocycles. The van der Waals surface area contributed by atoms with Crippen molar-refractivity contribution in [3.63, 3.8) is 0 Å². The number of hydrogen-bond acceptors (Lipinski definition) is 5. The Kier molecular flexibility index (Phi) is 7.25. The first-order valence-corrected chi connectivity index (χ1v) is 12.4. The molecule has 39 heavy (non-hydrogen) atoms. The summed E-state index contributed by atoms with van der Waals surface area (Å²) in [6.45, 7) is 3.20. The summed E-state index contributed by atoms with van der Waals surface area (Å²) in [5.74, 6) is -1.14. The van der Waals surface area contributed by atoms with E-state index >= 15 is 0 Å². The molecular formula is C28H26F3N5O3. The molecule has 0 atom stereocenters. The average molecular weight is 538 g/mol. The zero-order valence-corrected chi connectivity index (χ0v) is 21.0. The number of aromatic nitrogens is 2. The lowest BCUT2D eigenvalue weighted by molar-refractivity contribution is -0.137. The Morgan fingerprint density at radius 3 is 2.51 bits per heavy atom. The van der Waals surface area contributed by atoms with E-state index in [4.69, 9.17) is 4.74 Å². The number of benzene rings is 2. The number of nitrogens with one attached hydrogen (secondary N) is 4. The van der Waals surface area contributed by atoms with Crippen molar-refractivity contribution in [2.24, 2.45) is 0 Å². The van der Waals surface area contributed by atoms with Gasteiger partial charge in [-0.25, -0.2) is 4.98 Å². The van der Waals surface area contributed by atoms with E-state index in [0.717, 1.165) is 23.1 Å². The summed E-state index contributed by atoms with van der Waals surface area (Å²) in [6, 6.07) is 11.4. The maximum atomic E-state index is 13.6. The van der Waals surface area contributed by atoms with Crippen LogP contribution in [0.3, 0.4) is 0 Å². The number of fused-ring (bicyclic) bond motifs is 1. The summed E-state index contributed by atoms with van der Waals surface area (Å²) in [7, 11) is 0. The zero-order chi connectivity index (χ0) is 27.6. The Bertz CT molecular complexity index is 1530. The Morgan fingerprint density at radius 2 is 1.74 bits per heavy atom. The van der Waals surface area contributed by atoms with E-state index in [1.807, 2.05) is 0 Å². The van der Waals surface area contributed by atoms with Gasteiger partial charge in [0, 0.05) is 34.7 Å². The normalized spacial score (nSPS) is 14.3. The van der Waals surface area contributed by atoms with E-state index in [1.165, 1.54) is 12.3 Å². The van der Waals surface area contributed by atoms with Crippen LogP contribution in [-0.4, -0.2) is 41.0 Å². The minimum absolute atomic E-state index is 0.00765. The highest BCUT2D eigenvalue weighted by Crippen LogP contribution is 2.34. The summed E-state index contributed by atoms with van der Waals surface area (Å²) >= 11 is 0. The second-order valence-electron chi connectivity index (χ2n) is 9.39. The minimum atomic E-state index is -4.65. The molecule has 1 aliphatic heterocycles. The van der Waals surface area contributed by atoms with Crippen LogP contribution in [-0.2, 0) is 6.18 Å². The number of nitrogens with zero attached hydrogens (tertiary/aromatic N) is 1. The number of H-pyrrole nitrogens is 1. The van der Waals surface area contributed by atoms with Gasteiger partial charge in [0.1, 0.15) is 17.5 Å². The molecule has 1 fully saturated rings. The molecule has 2 aromatic carbocycles. The molecule has 0 aliphatic carbocycles. The predicted molar refractivity (Wildman–Crippen MR) is 141 cm³/mol. The summed E-state index contributed by atoms with van der Waals surface area (Å²) < 4.78 is 46.6. The monoisotopic (exact) mass is 537 g/mol. The molecule has 5 rings (SSSR count). The van der Waals surface area contributed by atoms with Crippen LogP contribution in [0, 0.1) is 6.92 Å². The predicted octanol–water partition coefficient (Wildman–Crippen LogP) is 5.53. The fourth-order valence-corrected chi connectivity index (χ4v) is 4.36. The van der Waals surface area contributed by atoms with E-state index < -0.39 is 23.6 Å². The molecule has 1 aliphatic rings. The highest BCUT2D eigenvalue weighted by Gasteiger charge is 2.32. The molecule has 0 spiro atoms. The first-order valence-electron chi connectivity index (χ1n) is 12.4. The molecule has 3 heterocycles. The highest BCUT2D eigenvalue weighted by molar-refractivity contribution is 6.07. The molecular weight excluding hydrogens is 511 g/mol. The van der Waals surface area contributed by atoms with Gasteiger partial charge in [0.25, 0.3) is 11.8 Å². The molecule has 8 nitrogen and oxygen atoms in total. The van der Waals surface area contributed by atoms with E-state index in [-0.39, 0.29) is 17.4 Å². The number of carbonyl (C=O) groups excluding carboxylic acids is 2. The van der Waals surface area contributed by atoms with Gasteiger partial charge in [0.15, 0.2) is 0 Å². The zero-order valence-electron chi connectivity index (χ0n) is 21.0. The summed E-state index contributed by atoms with van der Waals surface area (Å²) in [5, 5.41) is 9.39. The summed E-state index contributed by atoms with van der Waals surface area (Å²) in [5.41, 5.74) is 1.32. The number of pyridine rings is 1. The summed E-state index contributed by atoms with van der Waals surface area (Å²) in [4.78, 5) is 33.1. The number of hydrogen-bond donors (Lipinski definition) is 4. The van der Waals surface area contributed by atoms with Crippen molar-refractivity contribution in [2.45, 2.75) is 32.0 Å².